The van der Waals surface area contributed by atoms with Crippen molar-refractivity contribution in [2.45, 2.75) is 38.9 Å². The highest BCUT2D eigenvalue weighted by molar-refractivity contribution is 5.12. The molecule has 0 aromatic carbocycles. The fraction of sp³-hybridized carbons (Fsp3) is 1.00. The summed E-state index contributed by atoms with van der Waals surface area (Å²) in [5, 5.41) is 9.83. The molecule has 0 aromatic heterocycles. The second kappa shape index (κ2) is 2.46. The summed E-state index contributed by atoms with van der Waals surface area (Å²) in [6.45, 7) is 7.28. The lowest BCUT2D eigenvalue weighted by Gasteiger charge is -2.54. The van der Waals surface area contributed by atoms with Crippen LogP contribution in [-0.2, 0) is 4.74 Å². The summed E-state index contributed by atoms with van der Waals surface area (Å²) in [7, 11) is 0. The molecule has 5 atom stereocenters. The number of hydrogen-bond acceptors (Lipinski definition) is 2. The number of rotatable bonds is 1. The van der Waals surface area contributed by atoms with Crippen LogP contribution in [0.25, 0.3) is 0 Å². The first kappa shape index (κ1) is 8.52. The zero-order valence-electron chi connectivity index (χ0n) is 8.08. The van der Waals surface area contributed by atoms with Crippen molar-refractivity contribution < 1.29 is 9.84 Å². The summed E-state index contributed by atoms with van der Waals surface area (Å²) in [5.74, 6) is 1.29. The molecule has 2 nitrogen and oxygen atoms in total. The fourth-order valence-electron chi connectivity index (χ4n) is 3.22. The van der Waals surface area contributed by atoms with Crippen molar-refractivity contribution in [1.29, 1.82) is 0 Å². The molecule has 12 heavy (non-hydrogen) atoms. The standard InChI is InChI=1S/C10H18O2/c1-4-7-9(11)8-6(2)5-12-10(7,8)3/h6-9,11H,4-5H2,1-3H3. The largest absolute Gasteiger partial charge is 0.392 e. The van der Waals surface area contributed by atoms with Gasteiger partial charge in [0.05, 0.1) is 18.3 Å². The highest BCUT2D eigenvalue weighted by Gasteiger charge is 2.63. The number of aliphatic hydroxyl groups excluding tert-OH is 1. The van der Waals surface area contributed by atoms with Crippen molar-refractivity contribution in [3.8, 4) is 0 Å². The maximum atomic E-state index is 9.83. The Labute approximate surface area is 73.9 Å². The van der Waals surface area contributed by atoms with Crippen LogP contribution >= 0.6 is 0 Å². The van der Waals surface area contributed by atoms with Gasteiger partial charge in [-0.15, -0.1) is 0 Å². The smallest absolute Gasteiger partial charge is 0.0763 e. The van der Waals surface area contributed by atoms with Crippen LogP contribution in [0.5, 0.6) is 0 Å². The molecule has 1 heterocycles. The molecule has 1 aliphatic heterocycles. The van der Waals surface area contributed by atoms with Gasteiger partial charge in [0.1, 0.15) is 0 Å². The molecule has 0 aromatic rings. The average Bonchev–Trinajstić information content (AvgIpc) is 2.25. The summed E-state index contributed by atoms with van der Waals surface area (Å²) in [6.07, 6.45) is 0.915. The van der Waals surface area contributed by atoms with Gasteiger partial charge in [-0.3, -0.25) is 0 Å². The van der Waals surface area contributed by atoms with Gasteiger partial charge in [-0.2, -0.15) is 0 Å². The molecule has 1 aliphatic carbocycles. The summed E-state index contributed by atoms with van der Waals surface area (Å²) >= 11 is 0. The molecule has 1 saturated heterocycles. The molecule has 0 amide bonds. The van der Waals surface area contributed by atoms with E-state index in [4.69, 9.17) is 4.74 Å². The molecule has 2 aliphatic rings. The number of aliphatic hydroxyl groups is 1. The minimum Gasteiger partial charge on any atom is -0.392 e. The Hall–Kier alpha value is -0.0800. The van der Waals surface area contributed by atoms with E-state index in [2.05, 4.69) is 20.8 Å². The van der Waals surface area contributed by atoms with Crippen LogP contribution in [0.3, 0.4) is 0 Å². The third-order valence-electron chi connectivity index (χ3n) is 3.89. The second-order valence-electron chi connectivity index (χ2n) is 4.50. The molecule has 1 saturated carbocycles. The van der Waals surface area contributed by atoms with Crippen molar-refractivity contribution in [3.63, 3.8) is 0 Å². The predicted octanol–water partition coefficient (Wildman–Crippen LogP) is 1.43. The number of ether oxygens (including phenoxy) is 1. The predicted molar refractivity (Wildman–Crippen MR) is 46.8 cm³/mol. The minimum absolute atomic E-state index is 0.00637. The van der Waals surface area contributed by atoms with Crippen molar-refractivity contribution in [3.05, 3.63) is 0 Å². The lowest BCUT2D eigenvalue weighted by Crippen LogP contribution is -2.63. The molecule has 0 spiro atoms. The Kier molecular flexibility index (Phi) is 1.74. The molecule has 2 fully saturated rings. The van der Waals surface area contributed by atoms with Crippen molar-refractivity contribution in [2.24, 2.45) is 17.8 Å². The van der Waals surface area contributed by atoms with E-state index in [9.17, 15) is 5.11 Å². The van der Waals surface area contributed by atoms with Gasteiger partial charge in [0, 0.05) is 11.8 Å². The third kappa shape index (κ3) is 0.775. The zero-order chi connectivity index (χ0) is 8.93. The van der Waals surface area contributed by atoms with E-state index in [0.29, 0.717) is 17.8 Å². The van der Waals surface area contributed by atoms with E-state index in [0.717, 1.165) is 13.0 Å². The van der Waals surface area contributed by atoms with E-state index >= 15 is 0 Å². The summed E-state index contributed by atoms with van der Waals surface area (Å²) in [5.41, 5.74) is -0.00637. The van der Waals surface area contributed by atoms with Crippen LogP contribution in [0.2, 0.25) is 0 Å². The first-order valence-corrected chi connectivity index (χ1v) is 4.93. The van der Waals surface area contributed by atoms with E-state index in [-0.39, 0.29) is 11.7 Å². The summed E-state index contributed by atoms with van der Waals surface area (Å²) in [6, 6.07) is 0. The Balaban J connectivity index is 2.18. The zero-order valence-corrected chi connectivity index (χ0v) is 8.08. The lowest BCUT2D eigenvalue weighted by atomic mass is 9.56. The minimum atomic E-state index is -0.113. The topological polar surface area (TPSA) is 29.5 Å². The van der Waals surface area contributed by atoms with Crippen LogP contribution in [0, 0.1) is 17.8 Å². The van der Waals surface area contributed by atoms with Gasteiger partial charge in [-0.1, -0.05) is 13.8 Å². The quantitative estimate of drug-likeness (QED) is 0.645. The van der Waals surface area contributed by atoms with Crippen LogP contribution < -0.4 is 0 Å². The Morgan fingerprint density at radius 2 is 2.25 bits per heavy atom. The van der Waals surface area contributed by atoms with E-state index < -0.39 is 0 Å². The van der Waals surface area contributed by atoms with Crippen LogP contribution in [0.4, 0.5) is 0 Å². The van der Waals surface area contributed by atoms with E-state index in [1.807, 2.05) is 0 Å². The Bertz CT molecular complexity index is 192. The van der Waals surface area contributed by atoms with Crippen LogP contribution in [0.15, 0.2) is 0 Å². The Morgan fingerprint density at radius 3 is 2.83 bits per heavy atom. The molecule has 70 valence electrons. The molecular formula is C10H18O2. The molecular weight excluding hydrogens is 152 g/mol. The number of fused-ring (bicyclic) bond motifs is 1. The van der Waals surface area contributed by atoms with Crippen molar-refractivity contribution >= 4 is 0 Å². The maximum absolute atomic E-state index is 9.83. The van der Waals surface area contributed by atoms with Crippen LogP contribution in [-0.4, -0.2) is 23.4 Å². The first-order chi connectivity index (χ1) is 5.61. The molecule has 2 rings (SSSR count). The average molecular weight is 170 g/mol. The van der Waals surface area contributed by atoms with Gasteiger partial charge in [0.15, 0.2) is 0 Å². The van der Waals surface area contributed by atoms with Gasteiger partial charge in [0.2, 0.25) is 0 Å². The highest BCUT2D eigenvalue weighted by atomic mass is 16.5. The van der Waals surface area contributed by atoms with Gasteiger partial charge in [-0.25, -0.2) is 0 Å². The van der Waals surface area contributed by atoms with Crippen molar-refractivity contribution in [1.82, 2.24) is 0 Å². The maximum Gasteiger partial charge on any atom is 0.0763 e. The van der Waals surface area contributed by atoms with Gasteiger partial charge in [-0.05, 0) is 19.3 Å². The molecule has 2 heteroatoms. The van der Waals surface area contributed by atoms with Crippen LogP contribution in [0.1, 0.15) is 27.2 Å². The lowest BCUT2D eigenvalue weighted by molar-refractivity contribution is -0.203. The Morgan fingerprint density at radius 1 is 1.58 bits per heavy atom. The van der Waals surface area contributed by atoms with E-state index in [1.54, 1.807) is 0 Å². The second-order valence-corrected chi connectivity index (χ2v) is 4.50. The summed E-state index contributed by atoms with van der Waals surface area (Å²) in [4.78, 5) is 0. The molecule has 0 bridgehead atoms. The van der Waals surface area contributed by atoms with Gasteiger partial charge >= 0.3 is 0 Å². The number of hydrogen-bond donors (Lipinski definition) is 1. The highest BCUT2D eigenvalue weighted by Crippen LogP contribution is 2.55. The SMILES string of the molecule is CCC1C(O)C2C(C)COC12C. The molecule has 0 radical (unpaired) electrons. The van der Waals surface area contributed by atoms with Gasteiger partial charge < -0.3 is 9.84 Å². The molecule has 5 unspecified atom stereocenters. The summed E-state index contributed by atoms with van der Waals surface area (Å²) < 4.78 is 5.77. The third-order valence-corrected chi connectivity index (χ3v) is 3.89. The van der Waals surface area contributed by atoms with Gasteiger partial charge in [0.25, 0.3) is 0 Å². The first-order valence-electron chi connectivity index (χ1n) is 4.93. The monoisotopic (exact) mass is 170 g/mol. The fourth-order valence-corrected chi connectivity index (χ4v) is 3.22. The molecule has 1 N–H and O–H groups in total. The normalized spacial score (nSPS) is 58.0. The van der Waals surface area contributed by atoms with Crippen molar-refractivity contribution in [2.75, 3.05) is 6.61 Å². The van der Waals surface area contributed by atoms with E-state index in [1.165, 1.54) is 0 Å².